The standard InChI is InChI=1S/C15H23N3O/c1-11-14(12(2)19)10-16-15(17-11)18-13-8-6-4-3-5-7-9-13/h10,13H,3-9H2,1-2H3,(H,16,17,18). The molecule has 1 fully saturated rings. The number of aryl methyl sites for hydroxylation is 1. The highest BCUT2D eigenvalue weighted by Crippen LogP contribution is 2.19. The van der Waals surface area contributed by atoms with Crippen molar-refractivity contribution in [1.29, 1.82) is 0 Å². The number of carbonyl (C=O) groups is 1. The van der Waals surface area contributed by atoms with E-state index in [9.17, 15) is 4.79 Å². The van der Waals surface area contributed by atoms with Crippen LogP contribution in [0.15, 0.2) is 6.20 Å². The van der Waals surface area contributed by atoms with Crippen molar-refractivity contribution in [2.45, 2.75) is 64.8 Å². The van der Waals surface area contributed by atoms with Gasteiger partial charge in [-0.3, -0.25) is 4.79 Å². The van der Waals surface area contributed by atoms with Crippen LogP contribution in [0.1, 0.15) is 67.9 Å². The Morgan fingerprint density at radius 3 is 2.42 bits per heavy atom. The lowest BCUT2D eigenvalue weighted by atomic mass is 9.97. The number of anilines is 1. The first kappa shape index (κ1) is 14.0. The lowest BCUT2D eigenvalue weighted by Gasteiger charge is -2.21. The van der Waals surface area contributed by atoms with Crippen molar-refractivity contribution >= 4 is 11.7 Å². The average Bonchev–Trinajstić information content (AvgIpc) is 2.32. The van der Waals surface area contributed by atoms with Crippen molar-refractivity contribution in [2.24, 2.45) is 0 Å². The van der Waals surface area contributed by atoms with E-state index in [1.54, 1.807) is 13.1 Å². The fraction of sp³-hybridized carbons (Fsp3) is 0.667. The molecule has 0 bridgehead atoms. The van der Waals surface area contributed by atoms with Crippen LogP contribution >= 0.6 is 0 Å². The Balaban J connectivity index is 2.01. The Labute approximate surface area is 115 Å². The summed E-state index contributed by atoms with van der Waals surface area (Å²) in [4.78, 5) is 20.0. The number of nitrogens with one attached hydrogen (secondary N) is 1. The zero-order valence-corrected chi connectivity index (χ0v) is 11.9. The van der Waals surface area contributed by atoms with E-state index < -0.39 is 0 Å². The molecule has 4 heteroatoms. The van der Waals surface area contributed by atoms with E-state index in [0.29, 0.717) is 17.6 Å². The van der Waals surface area contributed by atoms with Gasteiger partial charge in [0.05, 0.1) is 11.3 Å². The molecule has 1 saturated carbocycles. The summed E-state index contributed by atoms with van der Waals surface area (Å²) in [7, 11) is 0. The van der Waals surface area contributed by atoms with Gasteiger partial charge < -0.3 is 5.32 Å². The highest BCUT2D eigenvalue weighted by Gasteiger charge is 2.13. The second kappa shape index (κ2) is 6.64. The molecular weight excluding hydrogens is 238 g/mol. The zero-order chi connectivity index (χ0) is 13.7. The van der Waals surface area contributed by atoms with Crippen LogP contribution in [-0.2, 0) is 0 Å². The molecule has 0 unspecified atom stereocenters. The molecule has 0 amide bonds. The molecular formula is C15H23N3O. The van der Waals surface area contributed by atoms with Gasteiger partial charge in [-0.25, -0.2) is 9.97 Å². The van der Waals surface area contributed by atoms with Crippen molar-refractivity contribution in [3.05, 3.63) is 17.5 Å². The molecule has 1 heterocycles. The first-order chi connectivity index (χ1) is 9.16. The number of rotatable bonds is 3. The van der Waals surface area contributed by atoms with Gasteiger partial charge in [0.2, 0.25) is 5.95 Å². The van der Waals surface area contributed by atoms with Gasteiger partial charge in [0.15, 0.2) is 5.78 Å². The summed E-state index contributed by atoms with van der Waals surface area (Å²) in [5.41, 5.74) is 1.37. The Bertz CT molecular complexity index is 437. The number of hydrogen-bond acceptors (Lipinski definition) is 4. The third-order valence-corrected chi connectivity index (χ3v) is 3.80. The summed E-state index contributed by atoms with van der Waals surface area (Å²) < 4.78 is 0. The molecule has 0 spiro atoms. The van der Waals surface area contributed by atoms with Gasteiger partial charge in [-0.05, 0) is 26.7 Å². The van der Waals surface area contributed by atoms with E-state index in [4.69, 9.17) is 0 Å². The molecule has 2 rings (SSSR count). The maximum atomic E-state index is 11.4. The van der Waals surface area contributed by atoms with E-state index in [-0.39, 0.29) is 5.78 Å². The minimum Gasteiger partial charge on any atom is -0.351 e. The van der Waals surface area contributed by atoms with Crippen molar-refractivity contribution in [1.82, 2.24) is 9.97 Å². The molecule has 1 aromatic heterocycles. The van der Waals surface area contributed by atoms with Crippen molar-refractivity contribution < 1.29 is 4.79 Å². The number of carbonyl (C=O) groups excluding carboxylic acids is 1. The number of aromatic nitrogens is 2. The van der Waals surface area contributed by atoms with Crippen molar-refractivity contribution in [2.75, 3.05) is 5.32 Å². The van der Waals surface area contributed by atoms with Gasteiger partial charge in [0, 0.05) is 12.2 Å². The number of hydrogen-bond donors (Lipinski definition) is 1. The van der Waals surface area contributed by atoms with Crippen LogP contribution in [0.3, 0.4) is 0 Å². The molecule has 0 radical (unpaired) electrons. The molecule has 1 N–H and O–H groups in total. The van der Waals surface area contributed by atoms with E-state index in [1.165, 1.54) is 44.9 Å². The molecule has 0 saturated heterocycles. The van der Waals surface area contributed by atoms with Crippen LogP contribution in [0, 0.1) is 6.92 Å². The average molecular weight is 261 g/mol. The number of nitrogens with zero attached hydrogens (tertiary/aromatic N) is 2. The molecule has 4 nitrogen and oxygen atoms in total. The Morgan fingerprint density at radius 2 is 1.84 bits per heavy atom. The minimum atomic E-state index is 0.0232. The SMILES string of the molecule is CC(=O)c1cnc(NC2CCCCCCC2)nc1C. The lowest BCUT2D eigenvalue weighted by molar-refractivity contribution is 0.101. The zero-order valence-electron chi connectivity index (χ0n) is 11.9. The molecule has 1 aliphatic carbocycles. The van der Waals surface area contributed by atoms with Gasteiger partial charge in [-0.2, -0.15) is 0 Å². The summed E-state index contributed by atoms with van der Waals surface area (Å²) >= 11 is 0. The molecule has 1 aromatic rings. The maximum absolute atomic E-state index is 11.4. The summed E-state index contributed by atoms with van der Waals surface area (Å²) in [6.07, 6.45) is 10.6. The first-order valence-electron chi connectivity index (χ1n) is 7.28. The monoisotopic (exact) mass is 261 g/mol. The maximum Gasteiger partial charge on any atom is 0.223 e. The van der Waals surface area contributed by atoms with E-state index in [1.807, 2.05) is 6.92 Å². The summed E-state index contributed by atoms with van der Waals surface area (Å²) in [5, 5.41) is 3.42. The first-order valence-corrected chi connectivity index (χ1v) is 7.28. The van der Waals surface area contributed by atoms with Crippen LogP contribution in [0.2, 0.25) is 0 Å². The van der Waals surface area contributed by atoms with Crippen LogP contribution in [0.4, 0.5) is 5.95 Å². The lowest BCUT2D eigenvalue weighted by Crippen LogP contribution is -2.22. The summed E-state index contributed by atoms with van der Waals surface area (Å²) in [6, 6.07) is 0.475. The van der Waals surface area contributed by atoms with Gasteiger partial charge in [-0.1, -0.05) is 32.1 Å². The predicted octanol–water partition coefficient (Wildman–Crippen LogP) is 3.51. The van der Waals surface area contributed by atoms with Gasteiger partial charge in [0.25, 0.3) is 0 Å². The third-order valence-electron chi connectivity index (χ3n) is 3.80. The van der Waals surface area contributed by atoms with Crippen LogP contribution in [0.25, 0.3) is 0 Å². The molecule has 0 aromatic carbocycles. The van der Waals surface area contributed by atoms with Crippen molar-refractivity contribution in [3.63, 3.8) is 0 Å². The molecule has 0 aliphatic heterocycles. The minimum absolute atomic E-state index is 0.0232. The quantitative estimate of drug-likeness (QED) is 0.846. The molecule has 0 atom stereocenters. The number of ketones is 1. The normalized spacial score (nSPS) is 17.6. The predicted molar refractivity (Wildman–Crippen MR) is 76.5 cm³/mol. The Kier molecular flexibility index (Phi) is 4.88. The molecule has 19 heavy (non-hydrogen) atoms. The molecule has 1 aliphatic rings. The topological polar surface area (TPSA) is 54.9 Å². The smallest absolute Gasteiger partial charge is 0.223 e. The van der Waals surface area contributed by atoms with E-state index >= 15 is 0 Å². The van der Waals surface area contributed by atoms with Crippen LogP contribution in [0.5, 0.6) is 0 Å². The van der Waals surface area contributed by atoms with Crippen molar-refractivity contribution in [3.8, 4) is 0 Å². The Morgan fingerprint density at radius 1 is 1.21 bits per heavy atom. The van der Waals surface area contributed by atoms with E-state index in [0.717, 1.165) is 5.69 Å². The van der Waals surface area contributed by atoms with Crippen LogP contribution < -0.4 is 5.32 Å². The van der Waals surface area contributed by atoms with Gasteiger partial charge in [-0.15, -0.1) is 0 Å². The van der Waals surface area contributed by atoms with Crippen LogP contribution in [-0.4, -0.2) is 21.8 Å². The number of Topliss-reactive ketones (excluding diaryl/α,β-unsaturated/α-hetero) is 1. The third kappa shape index (κ3) is 4.01. The van der Waals surface area contributed by atoms with E-state index in [2.05, 4.69) is 15.3 Å². The Hall–Kier alpha value is -1.45. The fourth-order valence-electron chi connectivity index (χ4n) is 2.67. The molecule has 104 valence electrons. The fourth-order valence-corrected chi connectivity index (χ4v) is 2.67. The van der Waals surface area contributed by atoms with Gasteiger partial charge >= 0.3 is 0 Å². The summed E-state index contributed by atoms with van der Waals surface area (Å²) in [6.45, 7) is 3.41. The largest absolute Gasteiger partial charge is 0.351 e. The highest BCUT2D eigenvalue weighted by molar-refractivity contribution is 5.94. The second-order valence-corrected chi connectivity index (χ2v) is 5.44. The van der Waals surface area contributed by atoms with Gasteiger partial charge in [0.1, 0.15) is 0 Å². The summed E-state index contributed by atoms with van der Waals surface area (Å²) in [5.74, 6) is 0.683. The highest BCUT2D eigenvalue weighted by atomic mass is 16.1. The second-order valence-electron chi connectivity index (χ2n) is 5.44.